The monoisotopic (exact) mass is 309 g/mol. The Hall–Kier alpha value is -1.49. The predicted molar refractivity (Wildman–Crippen MR) is 70.8 cm³/mol. The van der Waals surface area contributed by atoms with Gasteiger partial charge in [0.25, 0.3) is 0 Å². The van der Waals surface area contributed by atoms with Crippen molar-refractivity contribution < 1.29 is 15.0 Å². The Morgan fingerprint density at radius 3 is 2.94 bits per heavy atom. The molecular weight excluding hydrogens is 298 g/mol. The van der Waals surface area contributed by atoms with Crippen LogP contribution in [0, 0.1) is 5.92 Å². The second-order valence-corrected chi connectivity index (χ2v) is 5.52. The molecule has 0 unspecified atom stereocenters. The minimum absolute atomic E-state index is 0.00750. The molecule has 18 heavy (non-hydrogen) atoms. The number of benzene rings is 1. The van der Waals surface area contributed by atoms with Crippen LogP contribution in [-0.2, 0) is 4.79 Å². The average Bonchev–Trinajstić information content (AvgIpc) is 2.81. The van der Waals surface area contributed by atoms with Crippen molar-refractivity contribution in [2.24, 2.45) is 5.92 Å². The molecule has 2 aliphatic rings. The summed E-state index contributed by atoms with van der Waals surface area (Å²) in [6, 6.07) is 2.70. The number of aromatic hydroxyl groups is 1. The molecule has 0 amide bonds. The molecule has 3 atom stereocenters. The maximum absolute atomic E-state index is 11.3. The van der Waals surface area contributed by atoms with Crippen molar-refractivity contribution >= 4 is 27.6 Å². The number of carboxylic acids is 1. The van der Waals surface area contributed by atoms with Gasteiger partial charge in [-0.25, -0.2) is 4.79 Å². The third-order valence-corrected chi connectivity index (χ3v) is 4.40. The summed E-state index contributed by atoms with van der Waals surface area (Å²) in [4.78, 5) is 11.3. The maximum Gasteiger partial charge on any atom is 0.326 e. The highest BCUT2D eigenvalue weighted by molar-refractivity contribution is 9.10. The lowest BCUT2D eigenvalue weighted by Gasteiger charge is -2.35. The summed E-state index contributed by atoms with van der Waals surface area (Å²) in [6.07, 6.45) is 4.79. The number of carbonyl (C=O) groups is 1. The van der Waals surface area contributed by atoms with Gasteiger partial charge in [0.2, 0.25) is 0 Å². The predicted octanol–water partition coefficient (Wildman–Crippen LogP) is 2.69. The van der Waals surface area contributed by atoms with Gasteiger partial charge in [-0.3, -0.25) is 0 Å². The van der Waals surface area contributed by atoms with Gasteiger partial charge in [0.1, 0.15) is 11.8 Å². The molecule has 3 rings (SSSR count). The number of halogens is 1. The molecule has 3 N–H and O–H groups in total. The SMILES string of the molecule is O=C(O)[C@@H]1Nc2c(O)ccc(Br)c2[C@H]2C=CC[C@H]21. The summed E-state index contributed by atoms with van der Waals surface area (Å²) >= 11 is 3.48. The summed E-state index contributed by atoms with van der Waals surface area (Å²) in [5.41, 5.74) is 1.48. The van der Waals surface area contributed by atoms with E-state index < -0.39 is 12.0 Å². The molecule has 5 heteroatoms. The molecule has 1 aliphatic heterocycles. The number of anilines is 1. The first-order valence-electron chi connectivity index (χ1n) is 5.77. The number of rotatable bonds is 1. The maximum atomic E-state index is 11.3. The normalized spacial score (nSPS) is 28.4. The summed E-state index contributed by atoms with van der Waals surface area (Å²) in [5.74, 6) is -0.728. The largest absolute Gasteiger partial charge is 0.506 e. The Labute approximate surface area is 112 Å². The fourth-order valence-corrected chi connectivity index (χ4v) is 3.49. The molecule has 4 nitrogen and oxygen atoms in total. The number of hydrogen-bond acceptors (Lipinski definition) is 3. The smallest absolute Gasteiger partial charge is 0.326 e. The lowest BCUT2D eigenvalue weighted by atomic mass is 9.79. The van der Waals surface area contributed by atoms with Gasteiger partial charge in [0.05, 0.1) is 5.69 Å². The van der Waals surface area contributed by atoms with Gasteiger partial charge in [0.15, 0.2) is 0 Å². The number of aliphatic carboxylic acids is 1. The molecule has 1 aliphatic carbocycles. The second kappa shape index (κ2) is 4.02. The zero-order valence-electron chi connectivity index (χ0n) is 9.43. The number of phenols is 1. The van der Waals surface area contributed by atoms with Crippen LogP contribution < -0.4 is 5.32 Å². The first-order valence-corrected chi connectivity index (χ1v) is 6.56. The standard InChI is InChI=1S/C13H12BrNO3/c14-8-4-5-9(16)12-10(8)6-2-1-3-7(6)11(15-12)13(17)18/h1-2,4-7,11,15-16H,3H2,(H,17,18)/t6-,7+,11+/m0/s1. The number of allylic oxidation sites excluding steroid dienone is 2. The van der Waals surface area contributed by atoms with Crippen molar-refractivity contribution in [2.75, 3.05) is 5.32 Å². The van der Waals surface area contributed by atoms with Crippen LogP contribution in [0.3, 0.4) is 0 Å². The van der Waals surface area contributed by atoms with Gasteiger partial charge in [-0.2, -0.15) is 0 Å². The molecule has 0 saturated carbocycles. The van der Waals surface area contributed by atoms with Gasteiger partial charge in [-0.15, -0.1) is 0 Å². The van der Waals surface area contributed by atoms with Crippen LogP contribution >= 0.6 is 15.9 Å². The van der Waals surface area contributed by atoms with Crippen LogP contribution in [0.5, 0.6) is 5.75 Å². The van der Waals surface area contributed by atoms with E-state index in [0.29, 0.717) is 5.69 Å². The van der Waals surface area contributed by atoms with E-state index in [1.54, 1.807) is 12.1 Å². The van der Waals surface area contributed by atoms with Gasteiger partial charge >= 0.3 is 5.97 Å². The van der Waals surface area contributed by atoms with E-state index in [1.165, 1.54) is 0 Å². The van der Waals surface area contributed by atoms with Crippen molar-refractivity contribution in [3.8, 4) is 5.75 Å². The average molecular weight is 310 g/mol. The van der Waals surface area contributed by atoms with Crippen molar-refractivity contribution in [1.29, 1.82) is 0 Å². The molecule has 0 bridgehead atoms. The van der Waals surface area contributed by atoms with Crippen LogP contribution in [0.4, 0.5) is 5.69 Å². The van der Waals surface area contributed by atoms with Crippen molar-refractivity contribution in [3.05, 3.63) is 34.3 Å². The first-order chi connectivity index (χ1) is 8.59. The van der Waals surface area contributed by atoms with Gasteiger partial charge in [0, 0.05) is 21.9 Å². The lowest BCUT2D eigenvalue weighted by molar-refractivity contribution is -0.139. The van der Waals surface area contributed by atoms with Crippen LogP contribution in [0.15, 0.2) is 28.8 Å². The molecule has 94 valence electrons. The quantitative estimate of drug-likeness (QED) is 0.551. The number of hydrogen-bond donors (Lipinski definition) is 3. The Bertz CT molecular complexity index is 555. The fraction of sp³-hybridized carbons (Fsp3) is 0.308. The molecule has 0 saturated heterocycles. The highest BCUT2D eigenvalue weighted by atomic mass is 79.9. The summed E-state index contributed by atoms with van der Waals surface area (Å²) in [7, 11) is 0. The molecule has 0 aromatic heterocycles. The Kier molecular flexibility index (Phi) is 2.59. The van der Waals surface area contributed by atoms with Gasteiger partial charge in [-0.1, -0.05) is 28.1 Å². The summed E-state index contributed by atoms with van der Waals surface area (Å²) < 4.78 is 0.896. The minimum Gasteiger partial charge on any atom is -0.506 e. The molecule has 0 radical (unpaired) electrons. The van der Waals surface area contributed by atoms with Crippen LogP contribution in [-0.4, -0.2) is 22.2 Å². The Morgan fingerprint density at radius 1 is 1.44 bits per heavy atom. The minimum atomic E-state index is -0.876. The zero-order chi connectivity index (χ0) is 12.9. The third kappa shape index (κ3) is 1.54. The number of phenolic OH excluding ortho intramolecular Hbond substituents is 1. The third-order valence-electron chi connectivity index (χ3n) is 3.71. The van der Waals surface area contributed by atoms with Crippen LogP contribution in [0.2, 0.25) is 0 Å². The van der Waals surface area contributed by atoms with Gasteiger partial charge < -0.3 is 15.5 Å². The van der Waals surface area contributed by atoms with Crippen LogP contribution in [0.25, 0.3) is 0 Å². The highest BCUT2D eigenvalue weighted by Gasteiger charge is 2.42. The molecule has 1 aromatic carbocycles. The lowest BCUT2D eigenvalue weighted by Crippen LogP contribution is -2.42. The molecule has 0 spiro atoms. The van der Waals surface area contributed by atoms with E-state index >= 15 is 0 Å². The molecule has 0 fully saturated rings. The first kappa shape index (κ1) is 11.6. The van der Waals surface area contributed by atoms with E-state index in [1.807, 2.05) is 12.2 Å². The topological polar surface area (TPSA) is 69.6 Å². The van der Waals surface area contributed by atoms with Crippen molar-refractivity contribution in [3.63, 3.8) is 0 Å². The van der Waals surface area contributed by atoms with E-state index in [-0.39, 0.29) is 17.6 Å². The second-order valence-electron chi connectivity index (χ2n) is 4.67. The van der Waals surface area contributed by atoms with Crippen molar-refractivity contribution in [1.82, 2.24) is 0 Å². The highest BCUT2D eigenvalue weighted by Crippen LogP contribution is 2.50. The van der Waals surface area contributed by atoms with E-state index in [0.717, 1.165) is 16.5 Å². The number of carboxylic acid groups (broad SMARTS) is 1. The van der Waals surface area contributed by atoms with Crippen molar-refractivity contribution in [2.45, 2.75) is 18.4 Å². The summed E-state index contributed by atoms with van der Waals surface area (Å²) in [6.45, 7) is 0. The Morgan fingerprint density at radius 2 is 2.22 bits per heavy atom. The molecule has 1 aromatic rings. The fourth-order valence-electron chi connectivity index (χ4n) is 2.89. The van der Waals surface area contributed by atoms with E-state index in [9.17, 15) is 15.0 Å². The van der Waals surface area contributed by atoms with Gasteiger partial charge in [-0.05, 0) is 18.6 Å². The molecular formula is C13H12BrNO3. The number of nitrogens with one attached hydrogen (secondary N) is 1. The molecule has 1 heterocycles. The zero-order valence-corrected chi connectivity index (χ0v) is 11.0. The van der Waals surface area contributed by atoms with Crippen LogP contribution in [0.1, 0.15) is 17.9 Å². The number of fused-ring (bicyclic) bond motifs is 3. The summed E-state index contributed by atoms with van der Waals surface area (Å²) in [5, 5.41) is 22.1. The van der Waals surface area contributed by atoms with E-state index in [2.05, 4.69) is 21.2 Å². The van der Waals surface area contributed by atoms with E-state index in [4.69, 9.17) is 0 Å². The Balaban J connectivity index is 2.17.